The van der Waals surface area contributed by atoms with Gasteiger partial charge in [-0.3, -0.25) is 9.59 Å². The number of hydrogen-bond donors (Lipinski definition) is 3. The van der Waals surface area contributed by atoms with Crippen molar-refractivity contribution in [2.75, 3.05) is 31.7 Å². The topological polar surface area (TPSA) is 88.7 Å². The zero-order valence-corrected chi connectivity index (χ0v) is 16.4. The molecule has 1 fully saturated rings. The van der Waals surface area contributed by atoms with Gasteiger partial charge in [-0.05, 0) is 36.2 Å². The Bertz CT molecular complexity index is 774. The van der Waals surface area contributed by atoms with E-state index in [0.717, 1.165) is 17.0 Å². The van der Waals surface area contributed by atoms with Crippen molar-refractivity contribution in [3.63, 3.8) is 0 Å². The summed E-state index contributed by atoms with van der Waals surface area (Å²) < 4.78 is 10.9. The first kappa shape index (κ1) is 20.8. The lowest BCUT2D eigenvalue weighted by Gasteiger charge is -2.22. The minimum Gasteiger partial charge on any atom is -0.494 e. The summed E-state index contributed by atoms with van der Waals surface area (Å²) in [5, 5.41) is 8.89. The molecule has 0 aliphatic carbocycles. The highest BCUT2D eigenvalue weighted by Gasteiger charge is 2.20. The second-order valence-corrected chi connectivity index (χ2v) is 6.81. The van der Waals surface area contributed by atoms with Crippen LogP contribution in [0.3, 0.4) is 0 Å². The SMILES string of the molecule is O=C(CCCOc1ccccc1)Nc1ccc(CNC(=O)C2COCCN2)cc1. The van der Waals surface area contributed by atoms with Crippen molar-refractivity contribution in [1.82, 2.24) is 10.6 Å². The Morgan fingerprint density at radius 3 is 2.62 bits per heavy atom. The number of amides is 2. The van der Waals surface area contributed by atoms with Crippen molar-refractivity contribution >= 4 is 17.5 Å². The molecule has 1 aliphatic heterocycles. The van der Waals surface area contributed by atoms with Crippen molar-refractivity contribution in [2.45, 2.75) is 25.4 Å². The third-order valence-corrected chi connectivity index (χ3v) is 4.50. The van der Waals surface area contributed by atoms with Crippen LogP contribution in [0.5, 0.6) is 5.75 Å². The zero-order chi connectivity index (χ0) is 20.3. The minimum absolute atomic E-state index is 0.0499. The minimum atomic E-state index is -0.298. The summed E-state index contributed by atoms with van der Waals surface area (Å²) in [6.45, 7) is 2.65. The number of hydrogen-bond acceptors (Lipinski definition) is 5. The molecular weight excluding hydrogens is 370 g/mol. The Morgan fingerprint density at radius 1 is 1.10 bits per heavy atom. The quantitative estimate of drug-likeness (QED) is 0.564. The van der Waals surface area contributed by atoms with Crippen molar-refractivity contribution in [3.8, 4) is 5.75 Å². The molecule has 0 spiro atoms. The first-order valence-electron chi connectivity index (χ1n) is 9.86. The summed E-state index contributed by atoms with van der Waals surface area (Å²) in [7, 11) is 0. The summed E-state index contributed by atoms with van der Waals surface area (Å²) in [4.78, 5) is 24.1. The molecule has 1 unspecified atom stereocenters. The Kier molecular flexibility index (Phi) is 8.03. The van der Waals surface area contributed by atoms with Crippen molar-refractivity contribution in [2.24, 2.45) is 0 Å². The molecule has 2 aromatic carbocycles. The number of anilines is 1. The van der Waals surface area contributed by atoms with E-state index in [1.165, 1.54) is 0 Å². The molecule has 7 nitrogen and oxygen atoms in total. The molecular formula is C22H27N3O4. The highest BCUT2D eigenvalue weighted by atomic mass is 16.5. The lowest BCUT2D eigenvalue weighted by molar-refractivity contribution is -0.126. The predicted molar refractivity (Wildman–Crippen MR) is 111 cm³/mol. The largest absolute Gasteiger partial charge is 0.494 e. The van der Waals surface area contributed by atoms with E-state index in [4.69, 9.17) is 9.47 Å². The van der Waals surface area contributed by atoms with Gasteiger partial charge in [0.15, 0.2) is 0 Å². The monoisotopic (exact) mass is 397 g/mol. The molecule has 3 rings (SSSR count). The fourth-order valence-corrected chi connectivity index (χ4v) is 2.92. The van der Waals surface area contributed by atoms with Crippen LogP contribution >= 0.6 is 0 Å². The second kappa shape index (κ2) is 11.2. The van der Waals surface area contributed by atoms with Crippen LogP contribution in [0.25, 0.3) is 0 Å². The smallest absolute Gasteiger partial charge is 0.239 e. The highest BCUT2D eigenvalue weighted by Crippen LogP contribution is 2.12. The first-order chi connectivity index (χ1) is 14.2. The van der Waals surface area contributed by atoms with Crippen molar-refractivity contribution in [3.05, 3.63) is 60.2 Å². The third kappa shape index (κ3) is 7.21. The van der Waals surface area contributed by atoms with Gasteiger partial charge >= 0.3 is 0 Å². The molecule has 1 saturated heterocycles. The van der Waals surface area contributed by atoms with E-state index in [-0.39, 0.29) is 17.9 Å². The number of ether oxygens (including phenoxy) is 2. The van der Waals surface area contributed by atoms with Crippen molar-refractivity contribution in [1.29, 1.82) is 0 Å². The van der Waals surface area contributed by atoms with Gasteiger partial charge in [-0.1, -0.05) is 30.3 Å². The molecule has 0 saturated carbocycles. The summed E-state index contributed by atoms with van der Waals surface area (Å²) in [5.74, 6) is 0.688. The van der Waals surface area contributed by atoms with Crippen LogP contribution in [-0.4, -0.2) is 44.2 Å². The number of rotatable bonds is 9. The van der Waals surface area contributed by atoms with Gasteiger partial charge in [0.25, 0.3) is 0 Å². The summed E-state index contributed by atoms with van der Waals surface area (Å²) in [5.41, 5.74) is 1.70. The number of para-hydroxylation sites is 1. The van der Waals surface area contributed by atoms with Gasteiger partial charge in [0.2, 0.25) is 11.8 Å². The molecule has 29 heavy (non-hydrogen) atoms. The van der Waals surface area contributed by atoms with E-state index < -0.39 is 0 Å². The molecule has 1 heterocycles. The average Bonchev–Trinajstić information content (AvgIpc) is 2.77. The number of carbonyl (C=O) groups is 2. The summed E-state index contributed by atoms with van der Waals surface area (Å²) in [6.07, 6.45) is 1.03. The maximum atomic E-state index is 12.1. The molecule has 0 bridgehead atoms. The third-order valence-electron chi connectivity index (χ3n) is 4.50. The number of carbonyl (C=O) groups excluding carboxylic acids is 2. The maximum absolute atomic E-state index is 12.1. The molecule has 3 N–H and O–H groups in total. The predicted octanol–water partition coefficient (Wildman–Crippen LogP) is 2.09. The van der Waals surface area contributed by atoms with Crippen LogP contribution < -0.4 is 20.7 Å². The van der Waals surface area contributed by atoms with Gasteiger partial charge in [-0.2, -0.15) is 0 Å². The Labute approximate surface area is 170 Å². The molecule has 1 aliphatic rings. The van der Waals surface area contributed by atoms with Crippen LogP contribution in [0, 0.1) is 0 Å². The van der Waals surface area contributed by atoms with Crippen LogP contribution in [0.1, 0.15) is 18.4 Å². The molecule has 2 amide bonds. The number of benzene rings is 2. The molecule has 7 heteroatoms. The standard InChI is InChI=1S/C22H27N3O4/c26-21(7-4-13-29-19-5-2-1-3-6-19)25-18-10-8-17(9-11-18)15-24-22(27)20-16-28-14-12-23-20/h1-3,5-6,8-11,20,23H,4,7,12-16H2,(H,24,27)(H,25,26). The van der Waals surface area contributed by atoms with Crippen LogP contribution in [0.4, 0.5) is 5.69 Å². The molecule has 0 radical (unpaired) electrons. The van der Waals surface area contributed by atoms with E-state index >= 15 is 0 Å². The Hall–Kier alpha value is -2.90. The highest BCUT2D eigenvalue weighted by molar-refractivity contribution is 5.90. The van der Waals surface area contributed by atoms with Gasteiger partial charge in [-0.25, -0.2) is 0 Å². The van der Waals surface area contributed by atoms with E-state index in [2.05, 4.69) is 16.0 Å². The lowest BCUT2D eigenvalue weighted by atomic mass is 10.2. The van der Waals surface area contributed by atoms with Crippen LogP contribution in [0.2, 0.25) is 0 Å². The van der Waals surface area contributed by atoms with Crippen LogP contribution in [0.15, 0.2) is 54.6 Å². The summed E-state index contributed by atoms with van der Waals surface area (Å²) in [6, 6.07) is 16.7. The van der Waals surface area contributed by atoms with Gasteiger partial charge < -0.3 is 25.4 Å². The Balaban J connectivity index is 1.33. The maximum Gasteiger partial charge on any atom is 0.239 e. The van der Waals surface area contributed by atoms with Gasteiger partial charge in [0, 0.05) is 25.2 Å². The normalized spacial score (nSPS) is 16.1. The zero-order valence-electron chi connectivity index (χ0n) is 16.4. The summed E-state index contributed by atoms with van der Waals surface area (Å²) >= 11 is 0. The molecule has 2 aromatic rings. The second-order valence-electron chi connectivity index (χ2n) is 6.81. The van der Waals surface area contributed by atoms with Gasteiger partial charge in [0.1, 0.15) is 11.8 Å². The molecule has 154 valence electrons. The number of morpholine rings is 1. The average molecular weight is 397 g/mol. The fraction of sp³-hybridized carbons (Fsp3) is 0.364. The van der Waals surface area contributed by atoms with Gasteiger partial charge in [-0.15, -0.1) is 0 Å². The Morgan fingerprint density at radius 2 is 1.90 bits per heavy atom. The van der Waals surface area contributed by atoms with E-state index in [9.17, 15) is 9.59 Å². The van der Waals surface area contributed by atoms with E-state index in [1.807, 2.05) is 54.6 Å². The van der Waals surface area contributed by atoms with Crippen molar-refractivity contribution < 1.29 is 19.1 Å². The number of nitrogens with one attached hydrogen (secondary N) is 3. The van der Waals surface area contributed by atoms with E-state index in [1.54, 1.807) is 0 Å². The molecule has 1 atom stereocenters. The first-order valence-corrected chi connectivity index (χ1v) is 9.86. The van der Waals surface area contributed by atoms with E-state index in [0.29, 0.717) is 45.8 Å². The lowest BCUT2D eigenvalue weighted by Crippen LogP contribution is -2.51. The van der Waals surface area contributed by atoms with Crippen LogP contribution in [-0.2, 0) is 20.9 Å². The van der Waals surface area contributed by atoms with Gasteiger partial charge in [0.05, 0.1) is 19.8 Å². The molecule has 0 aromatic heterocycles. The fourth-order valence-electron chi connectivity index (χ4n) is 2.92.